The van der Waals surface area contributed by atoms with E-state index in [1.807, 2.05) is 47.2 Å². The molecule has 0 aliphatic rings. The second-order valence-electron chi connectivity index (χ2n) is 4.89. The average Bonchev–Trinajstić information content (AvgIpc) is 3.02. The van der Waals surface area contributed by atoms with Crippen LogP contribution in [-0.2, 0) is 11.3 Å². The van der Waals surface area contributed by atoms with Crippen LogP contribution in [0.3, 0.4) is 0 Å². The molecule has 2 unspecified atom stereocenters. The molecular weight excluding hydrogens is 286 g/mol. The van der Waals surface area contributed by atoms with Crippen LogP contribution in [0.1, 0.15) is 17.2 Å². The Morgan fingerprint density at radius 2 is 1.90 bits per heavy atom. The Balaban J connectivity index is 1.56. The molecule has 2 rings (SSSR count). The number of rotatable bonds is 9. The number of hydrogen-bond acceptors (Lipinski definition) is 5. The second-order valence-corrected chi connectivity index (χ2v) is 5.67. The molecule has 0 spiro atoms. The van der Waals surface area contributed by atoms with Gasteiger partial charge in [0.25, 0.3) is 0 Å². The fourth-order valence-corrected chi connectivity index (χ4v) is 2.62. The molecule has 2 aromatic rings. The molecule has 2 atom stereocenters. The lowest BCUT2D eigenvalue weighted by molar-refractivity contribution is 0.0273. The zero-order chi connectivity index (χ0) is 14.9. The van der Waals surface area contributed by atoms with E-state index >= 15 is 0 Å². The Hall–Kier alpha value is -1.24. The lowest BCUT2D eigenvalue weighted by Gasteiger charge is -2.14. The van der Waals surface area contributed by atoms with E-state index in [1.54, 1.807) is 11.3 Å². The third-order valence-electron chi connectivity index (χ3n) is 3.07. The minimum absolute atomic E-state index is 0.274. The topological polar surface area (TPSA) is 61.7 Å². The number of aliphatic hydroxyl groups excluding tert-OH is 2. The van der Waals surface area contributed by atoms with Crippen molar-refractivity contribution in [1.29, 1.82) is 0 Å². The van der Waals surface area contributed by atoms with Gasteiger partial charge in [-0.25, -0.2) is 0 Å². The van der Waals surface area contributed by atoms with Gasteiger partial charge in [-0.1, -0.05) is 30.3 Å². The quantitative estimate of drug-likeness (QED) is 0.663. The Morgan fingerprint density at radius 3 is 2.62 bits per heavy atom. The first-order valence-electron chi connectivity index (χ1n) is 6.96. The van der Waals surface area contributed by atoms with Crippen molar-refractivity contribution in [3.63, 3.8) is 0 Å². The zero-order valence-electron chi connectivity index (χ0n) is 11.8. The molecule has 5 heteroatoms. The first-order valence-corrected chi connectivity index (χ1v) is 7.90. The van der Waals surface area contributed by atoms with Gasteiger partial charge in [0, 0.05) is 13.1 Å². The molecule has 1 heterocycles. The lowest BCUT2D eigenvalue weighted by atomic mass is 10.2. The summed E-state index contributed by atoms with van der Waals surface area (Å²) in [5, 5.41) is 26.6. The van der Waals surface area contributed by atoms with Gasteiger partial charge in [0.1, 0.15) is 0 Å². The van der Waals surface area contributed by atoms with Gasteiger partial charge in [0.15, 0.2) is 0 Å². The predicted molar refractivity (Wildman–Crippen MR) is 84.3 cm³/mol. The number of nitrogens with one attached hydrogen (secondary N) is 1. The maximum Gasteiger partial charge on any atom is 0.0922 e. The van der Waals surface area contributed by atoms with Crippen LogP contribution in [0.4, 0.5) is 0 Å². The van der Waals surface area contributed by atoms with Crippen molar-refractivity contribution in [1.82, 2.24) is 5.32 Å². The van der Waals surface area contributed by atoms with Crippen LogP contribution in [0.25, 0.3) is 0 Å². The molecule has 1 aromatic carbocycles. The van der Waals surface area contributed by atoms with Crippen LogP contribution in [-0.4, -0.2) is 36.0 Å². The van der Waals surface area contributed by atoms with Gasteiger partial charge in [-0.3, -0.25) is 0 Å². The third kappa shape index (κ3) is 5.95. The molecular formula is C16H21NO3S. The Labute approximate surface area is 129 Å². The van der Waals surface area contributed by atoms with E-state index in [2.05, 4.69) is 5.32 Å². The van der Waals surface area contributed by atoms with Gasteiger partial charge in [-0.2, -0.15) is 11.3 Å². The van der Waals surface area contributed by atoms with E-state index in [9.17, 15) is 10.2 Å². The summed E-state index contributed by atoms with van der Waals surface area (Å²) in [5.74, 6) is 0. The third-order valence-corrected chi connectivity index (χ3v) is 3.77. The molecule has 0 fully saturated rings. The van der Waals surface area contributed by atoms with Crippen molar-refractivity contribution in [3.05, 3.63) is 58.3 Å². The summed E-state index contributed by atoms with van der Waals surface area (Å²) in [6.07, 6.45) is -1.11. The average molecular weight is 307 g/mol. The fraction of sp³-hybridized carbons (Fsp3) is 0.375. The minimum atomic E-state index is -0.580. The zero-order valence-corrected chi connectivity index (χ0v) is 12.6. The number of thiophene rings is 1. The van der Waals surface area contributed by atoms with E-state index in [1.165, 1.54) is 0 Å². The van der Waals surface area contributed by atoms with Crippen LogP contribution >= 0.6 is 11.3 Å². The molecule has 0 bridgehead atoms. The predicted octanol–water partition coefficient (Wildman–Crippen LogP) is 1.95. The fourth-order valence-electron chi connectivity index (χ4n) is 1.92. The van der Waals surface area contributed by atoms with E-state index < -0.39 is 12.2 Å². The van der Waals surface area contributed by atoms with E-state index in [-0.39, 0.29) is 6.61 Å². The molecule has 3 N–H and O–H groups in total. The summed E-state index contributed by atoms with van der Waals surface area (Å²) in [4.78, 5) is 0. The van der Waals surface area contributed by atoms with Crippen molar-refractivity contribution >= 4 is 11.3 Å². The standard InChI is InChI=1S/C16H21NO3S/c18-15(11-20-10-13-4-2-1-3-5-13)8-17-9-16(19)14-6-7-21-12-14/h1-7,12,15-19H,8-11H2. The van der Waals surface area contributed by atoms with Gasteiger partial charge in [-0.15, -0.1) is 0 Å². The summed E-state index contributed by atoms with van der Waals surface area (Å²) >= 11 is 1.56. The van der Waals surface area contributed by atoms with Gasteiger partial charge in [-0.05, 0) is 28.0 Å². The van der Waals surface area contributed by atoms with Crippen molar-refractivity contribution < 1.29 is 14.9 Å². The molecule has 0 aliphatic heterocycles. The van der Waals surface area contributed by atoms with Crippen molar-refractivity contribution in [2.75, 3.05) is 19.7 Å². The smallest absolute Gasteiger partial charge is 0.0922 e. The highest BCUT2D eigenvalue weighted by Crippen LogP contribution is 2.14. The van der Waals surface area contributed by atoms with Crippen molar-refractivity contribution in [3.8, 4) is 0 Å². The highest BCUT2D eigenvalue weighted by molar-refractivity contribution is 7.07. The molecule has 0 saturated heterocycles. The lowest BCUT2D eigenvalue weighted by Crippen LogP contribution is -2.32. The summed E-state index contributed by atoms with van der Waals surface area (Å²) in [6, 6.07) is 11.8. The first kappa shape index (κ1) is 16.1. The number of benzene rings is 1. The molecule has 4 nitrogen and oxygen atoms in total. The van der Waals surface area contributed by atoms with Crippen LogP contribution in [0.5, 0.6) is 0 Å². The largest absolute Gasteiger partial charge is 0.389 e. The number of hydrogen-bond donors (Lipinski definition) is 3. The molecule has 1 aromatic heterocycles. The second kappa shape index (κ2) is 8.92. The Morgan fingerprint density at radius 1 is 1.10 bits per heavy atom. The van der Waals surface area contributed by atoms with Crippen LogP contribution < -0.4 is 5.32 Å². The van der Waals surface area contributed by atoms with Crippen molar-refractivity contribution in [2.45, 2.75) is 18.8 Å². The van der Waals surface area contributed by atoms with Crippen LogP contribution in [0, 0.1) is 0 Å². The Bertz CT molecular complexity index is 489. The van der Waals surface area contributed by atoms with Gasteiger partial charge >= 0.3 is 0 Å². The molecule has 114 valence electrons. The normalized spacial score (nSPS) is 14.0. The number of aliphatic hydroxyl groups is 2. The number of ether oxygens (including phenoxy) is 1. The summed E-state index contributed by atoms with van der Waals surface area (Å²) in [5.41, 5.74) is 1.99. The maximum atomic E-state index is 9.88. The van der Waals surface area contributed by atoms with Gasteiger partial charge in [0.05, 0.1) is 25.4 Å². The van der Waals surface area contributed by atoms with Crippen molar-refractivity contribution in [2.24, 2.45) is 0 Å². The van der Waals surface area contributed by atoms with Gasteiger partial charge in [0.2, 0.25) is 0 Å². The van der Waals surface area contributed by atoms with E-state index in [4.69, 9.17) is 4.74 Å². The molecule has 0 aliphatic carbocycles. The van der Waals surface area contributed by atoms with E-state index in [0.29, 0.717) is 19.7 Å². The SMILES string of the molecule is OC(CNCC(O)c1ccsc1)COCc1ccccc1. The molecule has 21 heavy (non-hydrogen) atoms. The highest BCUT2D eigenvalue weighted by Gasteiger charge is 2.09. The minimum Gasteiger partial charge on any atom is -0.389 e. The monoisotopic (exact) mass is 307 g/mol. The molecule has 0 saturated carbocycles. The molecule has 0 amide bonds. The molecule has 0 radical (unpaired) electrons. The van der Waals surface area contributed by atoms with Gasteiger partial charge < -0.3 is 20.3 Å². The van der Waals surface area contributed by atoms with Crippen LogP contribution in [0.2, 0.25) is 0 Å². The maximum absolute atomic E-state index is 9.88. The summed E-state index contributed by atoms with van der Waals surface area (Å²) in [7, 11) is 0. The Kier molecular flexibility index (Phi) is 6.85. The first-order chi connectivity index (χ1) is 10.3. The van der Waals surface area contributed by atoms with Crippen LogP contribution in [0.15, 0.2) is 47.2 Å². The summed E-state index contributed by atoms with van der Waals surface area (Å²) in [6.45, 7) is 1.59. The summed E-state index contributed by atoms with van der Waals surface area (Å²) < 4.78 is 5.46. The highest BCUT2D eigenvalue weighted by atomic mass is 32.1. The van der Waals surface area contributed by atoms with E-state index in [0.717, 1.165) is 11.1 Å².